The molecule has 1 atom stereocenters. The Labute approximate surface area is 147 Å². The number of hydrogen-bond acceptors (Lipinski definition) is 5. The van der Waals surface area contributed by atoms with Gasteiger partial charge in [-0.25, -0.2) is 0 Å². The molecule has 0 radical (unpaired) electrons. The van der Waals surface area contributed by atoms with Crippen molar-refractivity contribution in [2.24, 2.45) is 0 Å². The minimum atomic E-state index is -0.573. The first kappa shape index (κ1) is 17.4. The topological polar surface area (TPSA) is 79.6 Å². The van der Waals surface area contributed by atoms with Crippen LogP contribution in [0.5, 0.6) is 5.75 Å². The SMILES string of the molecule is COc1ccccc1CNC(=O)CN1CCn2nc([C@@H](C)O)cc2C1. The molecule has 0 saturated heterocycles. The number of aliphatic hydroxyl groups excluding tert-OH is 1. The van der Waals surface area contributed by atoms with Gasteiger partial charge in [0, 0.05) is 25.2 Å². The lowest BCUT2D eigenvalue weighted by molar-refractivity contribution is -0.122. The van der Waals surface area contributed by atoms with Crippen LogP contribution in [-0.4, -0.2) is 45.9 Å². The van der Waals surface area contributed by atoms with Gasteiger partial charge in [-0.1, -0.05) is 18.2 Å². The van der Waals surface area contributed by atoms with E-state index in [0.717, 1.165) is 30.1 Å². The van der Waals surface area contributed by atoms with Crippen LogP contribution in [0.2, 0.25) is 0 Å². The number of carbonyl (C=O) groups excluding carboxylic acids is 1. The first-order valence-electron chi connectivity index (χ1n) is 8.42. The Balaban J connectivity index is 1.53. The zero-order valence-electron chi connectivity index (χ0n) is 14.6. The van der Waals surface area contributed by atoms with Gasteiger partial charge in [-0.3, -0.25) is 14.4 Å². The lowest BCUT2D eigenvalue weighted by atomic mass is 10.2. The third-order valence-electron chi connectivity index (χ3n) is 4.36. The average Bonchev–Trinajstić information content (AvgIpc) is 3.04. The standard InChI is InChI=1S/C18H24N4O3/c1-13(23)16-9-15-11-21(7-8-22(15)20-16)12-18(24)19-10-14-5-3-4-6-17(14)25-2/h3-6,9,13,23H,7-8,10-12H2,1-2H3,(H,19,24)/t13-/m1/s1. The third kappa shape index (κ3) is 4.18. The number of carbonyl (C=O) groups is 1. The Morgan fingerprint density at radius 1 is 1.40 bits per heavy atom. The summed E-state index contributed by atoms with van der Waals surface area (Å²) < 4.78 is 7.20. The lowest BCUT2D eigenvalue weighted by Crippen LogP contribution is -2.41. The number of para-hydroxylation sites is 1. The largest absolute Gasteiger partial charge is 0.496 e. The molecule has 0 bridgehead atoms. The van der Waals surface area contributed by atoms with Gasteiger partial charge >= 0.3 is 0 Å². The fraction of sp³-hybridized carbons (Fsp3) is 0.444. The van der Waals surface area contributed by atoms with Gasteiger partial charge in [-0.15, -0.1) is 0 Å². The molecule has 1 aromatic heterocycles. The molecule has 0 spiro atoms. The van der Waals surface area contributed by atoms with E-state index in [1.807, 2.05) is 35.0 Å². The van der Waals surface area contributed by atoms with Gasteiger partial charge in [0.25, 0.3) is 0 Å². The first-order chi connectivity index (χ1) is 12.1. The van der Waals surface area contributed by atoms with Crippen LogP contribution in [0.15, 0.2) is 30.3 Å². The van der Waals surface area contributed by atoms with Gasteiger partial charge in [-0.2, -0.15) is 5.10 Å². The fourth-order valence-electron chi connectivity index (χ4n) is 2.98. The summed E-state index contributed by atoms with van der Waals surface area (Å²) in [6.07, 6.45) is -0.573. The Hall–Kier alpha value is -2.38. The molecule has 134 valence electrons. The van der Waals surface area contributed by atoms with Crippen molar-refractivity contribution >= 4 is 5.91 Å². The number of hydrogen-bond donors (Lipinski definition) is 2. The van der Waals surface area contributed by atoms with Crippen LogP contribution >= 0.6 is 0 Å². The van der Waals surface area contributed by atoms with Crippen LogP contribution in [-0.2, 0) is 24.4 Å². The van der Waals surface area contributed by atoms with Gasteiger partial charge < -0.3 is 15.2 Å². The smallest absolute Gasteiger partial charge is 0.234 e. The number of benzene rings is 1. The summed E-state index contributed by atoms with van der Waals surface area (Å²) in [5.74, 6) is 0.755. The van der Waals surface area contributed by atoms with Crippen molar-refractivity contribution in [2.75, 3.05) is 20.2 Å². The van der Waals surface area contributed by atoms with E-state index < -0.39 is 6.10 Å². The van der Waals surface area contributed by atoms with Crippen molar-refractivity contribution in [3.8, 4) is 5.75 Å². The van der Waals surface area contributed by atoms with E-state index >= 15 is 0 Å². The summed E-state index contributed by atoms with van der Waals surface area (Å²) in [5, 5.41) is 17.0. The van der Waals surface area contributed by atoms with Crippen molar-refractivity contribution in [3.05, 3.63) is 47.3 Å². The van der Waals surface area contributed by atoms with Crippen LogP contribution in [0.1, 0.15) is 30.0 Å². The second kappa shape index (κ2) is 7.67. The number of aromatic nitrogens is 2. The van der Waals surface area contributed by atoms with Gasteiger partial charge in [0.15, 0.2) is 0 Å². The second-order valence-electron chi connectivity index (χ2n) is 6.26. The molecule has 7 nitrogen and oxygen atoms in total. The van der Waals surface area contributed by atoms with Crippen LogP contribution in [0.25, 0.3) is 0 Å². The van der Waals surface area contributed by atoms with Crippen molar-refractivity contribution in [2.45, 2.75) is 32.7 Å². The molecule has 25 heavy (non-hydrogen) atoms. The summed E-state index contributed by atoms with van der Waals surface area (Å²) in [6.45, 7) is 4.63. The van der Waals surface area contributed by atoms with Crippen LogP contribution < -0.4 is 10.1 Å². The number of aliphatic hydroxyl groups is 1. The van der Waals surface area contributed by atoms with E-state index in [4.69, 9.17) is 4.74 Å². The van der Waals surface area contributed by atoms with E-state index in [1.54, 1.807) is 14.0 Å². The summed E-state index contributed by atoms with van der Waals surface area (Å²) in [5.41, 5.74) is 2.66. The van der Waals surface area contributed by atoms with Crippen molar-refractivity contribution in [3.63, 3.8) is 0 Å². The van der Waals surface area contributed by atoms with Gasteiger partial charge in [0.2, 0.25) is 5.91 Å². The maximum atomic E-state index is 12.3. The Kier molecular flexibility index (Phi) is 5.35. The molecule has 1 amide bonds. The van der Waals surface area contributed by atoms with Gasteiger partial charge in [0.05, 0.1) is 37.7 Å². The van der Waals surface area contributed by atoms with Crippen molar-refractivity contribution in [1.82, 2.24) is 20.0 Å². The fourth-order valence-corrected chi connectivity index (χ4v) is 2.98. The highest BCUT2D eigenvalue weighted by Gasteiger charge is 2.21. The normalized spacial score (nSPS) is 15.5. The average molecular weight is 344 g/mol. The minimum absolute atomic E-state index is 0.0189. The van der Waals surface area contributed by atoms with Gasteiger partial charge in [0.1, 0.15) is 5.75 Å². The third-order valence-corrected chi connectivity index (χ3v) is 4.36. The molecular formula is C18H24N4O3. The highest BCUT2D eigenvalue weighted by molar-refractivity contribution is 5.78. The summed E-state index contributed by atoms with van der Waals surface area (Å²) in [6, 6.07) is 9.56. The van der Waals surface area contributed by atoms with Crippen molar-refractivity contribution < 1.29 is 14.6 Å². The summed E-state index contributed by atoms with van der Waals surface area (Å²) in [7, 11) is 1.62. The molecule has 0 fully saturated rings. The molecule has 1 aliphatic rings. The number of methoxy groups -OCH3 is 1. The van der Waals surface area contributed by atoms with E-state index in [9.17, 15) is 9.90 Å². The predicted molar refractivity (Wildman–Crippen MR) is 93.0 cm³/mol. The molecule has 2 N–H and O–H groups in total. The minimum Gasteiger partial charge on any atom is -0.496 e. The maximum Gasteiger partial charge on any atom is 0.234 e. The maximum absolute atomic E-state index is 12.3. The second-order valence-corrected chi connectivity index (χ2v) is 6.26. The molecule has 0 saturated carbocycles. The molecule has 7 heteroatoms. The van der Waals surface area contributed by atoms with Gasteiger partial charge in [-0.05, 0) is 19.1 Å². The molecule has 3 rings (SSSR count). The highest BCUT2D eigenvalue weighted by Crippen LogP contribution is 2.18. The van der Waals surface area contributed by atoms with Crippen LogP contribution in [0, 0.1) is 0 Å². The number of nitrogens with one attached hydrogen (secondary N) is 1. The number of fused-ring (bicyclic) bond motifs is 1. The van der Waals surface area contributed by atoms with E-state index in [2.05, 4.69) is 15.3 Å². The van der Waals surface area contributed by atoms with E-state index in [0.29, 0.717) is 25.3 Å². The molecular weight excluding hydrogens is 320 g/mol. The number of amides is 1. The number of nitrogens with zero attached hydrogens (tertiary/aromatic N) is 3. The molecule has 1 aliphatic heterocycles. The zero-order chi connectivity index (χ0) is 17.8. The number of ether oxygens (including phenoxy) is 1. The van der Waals surface area contributed by atoms with Crippen molar-refractivity contribution in [1.29, 1.82) is 0 Å². The first-order valence-corrected chi connectivity index (χ1v) is 8.42. The quantitative estimate of drug-likeness (QED) is 0.820. The van der Waals surface area contributed by atoms with Crippen LogP contribution in [0.3, 0.4) is 0 Å². The molecule has 0 unspecified atom stereocenters. The predicted octanol–water partition coefficient (Wildman–Crippen LogP) is 1.08. The Bertz CT molecular complexity index is 742. The van der Waals surface area contributed by atoms with Crippen LogP contribution in [0.4, 0.5) is 0 Å². The Morgan fingerprint density at radius 2 is 2.20 bits per heavy atom. The molecule has 1 aromatic carbocycles. The van der Waals surface area contributed by atoms with E-state index in [-0.39, 0.29) is 5.91 Å². The summed E-state index contributed by atoms with van der Waals surface area (Å²) in [4.78, 5) is 14.3. The zero-order valence-corrected chi connectivity index (χ0v) is 14.6. The monoisotopic (exact) mass is 344 g/mol. The molecule has 2 aromatic rings. The molecule has 0 aliphatic carbocycles. The molecule has 2 heterocycles. The highest BCUT2D eigenvalue weighted by atomic mass is 16.5. The lowest BCUT2D eigenvalue weighted by Gasteiger charge is -2.26. The van der Waals surface area contributed by atoms with E-state index in [1.165, 1.54) is 0 Å². The number of rotatable bonds is 6. The Morgan fingerprint density at radius 3 is 2.96 bits per heavy atom. The summed E-state index contributed by atoms with van der Waals surface area (Å²) >= 11 is 0.